The first-order chi connectivity index (χ1) is 7.41. The largest absolute Gasteiger partial charge is 0.369 e. The second-order valence-corrected chi connectivity index (χ2v) is 4.17. The van der Waals surface area contributed by atoms with Crippen LogP contribution in [0.2, 0.25) is 0 Å². The highest BCUT2D eigenvalue weighted by Gasteiger charge is 2.12. The number of rotatable bonds is 3. The van der Waals surface area contributed by atoms with Gasteiger partial charge in [-0.2, -0.15) is 13.5 Å². The number of guanidine groups is 1. The lowest BCUT2D eigenvalue weighted by atomic mass is 10.2. The molecule has 1 rings (SSSR count). The first kappa shape index (κ1) is 12.1. The summed E-state index contributed by atoms with van der Waals surface area (Å²) in [6, 6.07) is 5.76. The van der Waals surface area contributed by atoms with Crippen LogP contribution in [0.4, 0.5) is 0 Å². The Bertz CT molecular complexity index is 532. The highest BCUT2D eigenvalue weighted by atomic mass is 32.2. The molecule has 0 fully saturated rings. The molecule has 0 unspecified atom stereocenters. The minimum atomic E-state index is -4.29. The van der Waals surface area contributed by atoms with Crippen LogP contribution in [-0.2, 0) is 10.1 Å². The van der Waals surface area contributed by atoms with E-state index in [0.717, 1.165) is 6.21 Å². The van der Waals surface area contributed by atoms with E-state index in [-0.39, 0.29) is 16.4 Å². The molecular weight excluding hydrogens is 232 g/mol. The van der Waals surface area contributed by atoms with Crippen LogP contribution in [0.5, 0.6) is 0 Å². The summed E-state index contributed by atoms with van der Waals surface area (Å²) in [5, 5.41) is 6.76. The van der Waals surface area contributed by atoms with Gasteiger partial charge in [-0.1, -0.05) is 18.2 Å². The highest BCUT2D eigenvalue weighted by molar-refractivity contribution is 7.86. The van der Waals surface area contributed by atoms with Crippen LogP contribution in [0.1, 0.15) is 5.56 Å². The van der Waals surface area contributed by atoms with Crippen molar-refractivity contribution in [2.24, 2.45) is 21.7 Å². The zero-order valence-electron chi connectivity index (χ0n) is 8.11. The lowest BCUT2D eigenvalue weighted by Gasteiger charge is -2.00. The molecule has 0 aliphatic rings. The van der Waals surface area contributed by atoms with E-state index < -0.39 is 10.1 Å². The first-order valence-corrected chi connectivity index (χ1v) is 5.54. The molecule has 0 aliphatic heterocycles. The van der Waals surface area contributed by atoms with Gasteiger partial charge in [0.15, 0.2) is 0 Å². The Labute approximate surface area is 92.2 Å². The molecule has 86 valence electrons. The second-order valence-electron chi connectivity index (χ2n) is 2.78. The van der Waals surface area contributed by atoms with Crippen molar-refractivity contribution < 1.29 is 13.0 Å². The van der Waals surface area contributed by atoms with Crippen molar-refractivity contribution in [1.82, 2.24) is 0 Å². The van der Waals surface area contributed by atoms with Crippen molar-refractivity contribution in [3.8, 4) is 0 Å². The summed E-state index contributed by atoms with van der Waals surface area (Å²) in [6.07, 6.45) is 1.13. The number of nitrogens with zero attached hydrogens (tertiary/aromatic N) is 2. The molecule has 0 saturated carbocycles. The van der Waals surface area contributed by atoms with E-state index in [0.29, 0.717) is 0 Å². The average Bonchev–Trinajstić information content (AvgIpc) is 2.16. The maximum Gasteiger partial charge on any atom is 0.295 e. The number of nitrogens with two attached hydrogens (primary N) is 2. The molecule has 0 bridgehead atoms. The van der Waals surface area contributed by atoms with Crippen molar-refractivity contribution in [3.05, 3.63) is 29.8 Å². The van der Waals surface area contributed by atoms with Crippen LogP contribution < -0.4 is 11.5 Å². The fourth-order valence-corrected chi connectivity index (χ4v) is 1.65. The molecule has 0 atom stereocenters. The van der Waals surface area contributed by atoms with E-state index in [2.05, 4.69) is 10.2 Å². The number of benzene rings is 1. The Hall–Kier alpha value is -1.93. The Morgan fingerprint density at radius 1 is 1.31 bits per heavy atom. The lowest BCUT2D eigenvalue weighted by molar-refractivity contribution is 0.483. The van der Waals surface area contributed by atoms with Crippen molar-refractivity contribution in [1.29, 1.82) is 0 Å². The summed E-state index contributed by atoms with van der Waals surface area (Å²) < 4.78 is 30.8. The molecule has 0 aromatic heterocycles. The molecule has 1 aromatic carbocycles. The molecule has 0 amide bonds. The Kier molecular flexibility index (Phi) is 3.59. The second kappa shape index (κ2) is 4.73. The molecule has 7 nitrogen and oxygen atoms in total. The zero-order chi connectivity index (χ0) is 12.2. The smallest absolute Gasteiger partial charge is 0.295 e. The molecule has 0 spiro atoms. The molecule has 16 heavy (non-hydrogen) atoms. The quantitative estimate of drug-likeness (QED) is 0.285. The van der Waals surface area contributed by atoms with Crippen molar-refractivity contribution in [3.63, 3.8) is 0 Å². The Morgan fingerprint density at radius 2 is 1.94 bits per heavy atom. The van der Waals surface area contributed by atoms with Crippen molar-refractivity contribution >= 4 is 22.3 Å². The summed E-state index contributed by atoms with van der Waals surface area (Å²) >= 11 is 0. The lowest BCUT2D eigenvalue weighted by Crippen LogP contribution is -2.21. The number of hydrogen-bond donors (Lipinski definition) is 3. The van der Waals surface area contributed by atoms with Gasteiger partial charge in [-0.15, -0.1) is 5.10 Å². The molecule has 5 N–H and O–H groups in total. The highest BCUT2D eigenvalue weighted by Crippen LogP contribution is 2.12. The van der Waals surface area contributed by atoms with Crippen LogP contribution in [0.25, 0.3) is 0 Å². The van der Waals surface area contributed by atoms with Gasteiger partial charge in [0.25, 0.3) is 10.1 Å². The molecule has 0 aliphatic carbocycles. The third kappa shape index (κ3) is 3.33. The Morgan fingerprint density at radius 3 is 2.50 bits per heavy atom. The van der Waals surface area contributed by atoms with E-state index in [4.69, 9.17) is 16.0 Å². The minimum Gasteiger partial charge on any atom is -0.369 e. The van der Waals surface area contributed by atoms with Gasteiger partial charge in [-0.3, -0.25) is 4.55 Å². The predicted octanol–water partition coefficient (Wildman–Crippen LogP) is -0.459. The van der Waals surface area contributed by atoms with Crippen molar-refractivity contribution in [2.75, 3.05) is 0 Å². The van der Waals surface area contributed by atoms with Gasteiger partial charge in [-0.05, 0) is 6.07 Å². The van der Waals surface area contributed by atoms with Crippen LogP contribution in [0, 0.1) is 0 Å². The molecule has 0 heterocycles. The van der Waals surface area contributed by atoms with E-state index in [1.165, 1.54) is 18.2 Å². The molecule has 0 radical (unpaired) electrons. The summed E-state index contributed by atoms with van der Waals surface area (Å²) in [6.45, 7) is 0. The van der Waals surface area contributed by atoms with Crippen LogP contribution in [-0.4, -0.2) is 25.1 Å². The van der Waals surface area contributed by atoms with E-state index in [1.54, 1.807) is 6.07 Å². The maximum absolute atomic E-state index is 11.0. The molecule has 1 aromatic rings. The van der Waals surface area contributed by atoms with Gasteiger partial charge in [0.1, 0.15) is 4.90 Å². The topological polar surface area (TPSA) is 131 Å². The van der Waals surface area contributed by atoms with E-state index in [9.17, 15) is 8.42 Å². The van der Waals surface area contributed by atoms with Gasteiger partial charge in [0.05, 0.1) is 6.21 Å². The van der Waals surface area contributed by atoms with E-state index in [1.807, 2.05) is 0 Å². The van der Waals surface area contributed by atoms with Gasteiger partial charge >= 0.3 is 0 Å². The fourth-order valence-electron chi connectivity index (χ4n) is 0.980. The summed E-state index contributed by atoms with van der Waals surface area (Å²) in [7, 11) is -4.29. The predicted molar refractivity (Wildman–Crippen MR) is 59.7 cm³/mol. The summed E-state index contributed by atoms with van der Waals surface area (Å²) in [5.41, 5.74) is 10.2. The Balaban J connectivity index is 3.16. The van der Waals surface area contributed by atoms with Gasteiger partial charge in [0, 0.05) is 5.56 Å². The van der Waals surface area contributed by atoms with Crippen molar-refractivity contribution in [2.45, 2.75) is 4.90 Å². The first-order valence-electron chi connectivity index (χ1n) is 4.10. The maximum atomic E-state index is 11.0. The third-order valence-electron chi connectivity index (χ3n) is 1.57. The summed E-state index contributed by atoms with van der Waals surface area (Å²) in [4.78, 5) is -0.260. The van der Waals surface area contributed by atoms with Crippen LogP contribution in [0.3, 0.4) is 0 Å². The fraction of sp³-hybridized carbons (Fsp3) is 0. The van der Waals surface area contributed by atoms with Gasteiger partial charge < -0.3 is 11.5 Å². The zero-order valence-corrected chi connectivity index (χ0v) is 8.92. The molecular formula is C8H10N4O3S. The average molecular weight is 242 g/mol. The standard InChI is InChI=1S/C8H10N4O3S/c9-8(10)12-11-5-6-3-1-2-4-7(6)16(13,14)15/h1-5H,(H4,9,10,12)(H,13,14,15)/b11-5+. The molecule has 8 heteroatoms. The summed E-state index contributed by atoms with van der Waals surface area (Å²) in [5.74, 6) is -0.249. The van der Waals surface area contributed by atoms with Gasteiger partial charge in [-0.25, -0.2) is 0 Å². The van der Waals surface area contributed by atoms with Gasteiger partial charge in [0.2, 0.25) is 5.96 Å². The molecule has 0 saturated heterocycles. The van der Waals surface area contributed by atoms with E-state index >= 15 is 0 Å². The normalized spacial score (nSPS) is 11.6. The number of hydrogen-bond acceptors (Lipinski definition) is 4. The minimum absolute atomic E-state index is 0.190. The monoisotopic (exact) mass is 242 g/mol. The SMILES string of the molecule is NC(N)=N/N=C/c1ccccc1S(=O)(=O)O. The van der Waals surface area contributed by atoms with Crippen LogP contribution in [0.15, 0.2) is 39.4 Å². The third-order valence-corrected chi connectivity index (χ3v) is 2.49. The van der Waals surface area contributed by atoms with Crippen LogP contribution >= 0.6 is 0 Å².